The molecular formula is C10H14FN7. The molecule has 5 N–H and O–H groups in total. The lowest BCUT2D eigenvalue weighted by Gasteiger charge is -2.16. The second kappa shape index (κ2) is 5.07. The normalized spacial score (nSPS) is 12.6. The van der Waals surface area contributed by atoms with Gasteiger partial charge >= 0.3 is 0 Å². The smallest absolute Gasteiger partial charge is 0.176 e. The van der Waals surface area contributed by atoms with E-state index < -0.39 is 0 Å². The van der Waals surface area contributed by atoms with Gasteiger partial charge in [0.2, 0.25) is 0 Å². The highest BCUT2D eigenvalue weighted by atomic mass is 19.1. The van der Waals surface area contributed by atoms with Gasteiger partial charge in [0.25, 0.3) is 0 Å². The van der Waals surface area contributed by atoms with Gasteiger partial charge in [-0.25, -0.2) is 4.39 Å². The van der Waals surface area contributed by atoms with Crippen molar-refractivity contribution in [3.8, 4) is 0 Å². The Balaban J connectivity index is 2.25. The molecule has 0 amide bonds. The van der Waals surface area contributed by atoms with E-state index in [1.807, 2.05) is 0 Å². The number of rotatable bonds is 4. The summed E-state index contributed by atoms with van der Waals surface area (Å²) in [6, 6.07) is 3.77. The molecule has 0 fully saturated rings. The van der Waals surface area contributed by atoms with Crippen molar-refractivity contribution in [1.82, 2.24) is 25.6 Å². The average molecular weight is 251 g/mol. The maximum absolute atomic E-state index is 13.2. The zero-order valence-electron chi connectivity index (χ0n) is 9.84. The minimum atomic E-state index is -0.370. The molecule has 0 aliphatic rings. The standard InChI is InChI=1S/C10H14FN7/c1-18-16-10(15-17-18)5-9(14-13)7-4-6(11)2-3-8(7)12/h2-4,9,14H,5,12-13H2,1H3. The first-order chi connectivity index (χ1) is 8.60. The first-order valence-corrected chi connectivity index (χ1v) is 5.34. The van der Waals surface area contributed by atoms with Crippen LogP contribution in [0.15, 0.2) is 18.2 Å². The van der Waals surface area contributed by atoms with Gasteiger partial charge in [-0.15, -0.1) is 10.2 Å². The number of aromatic nitrogens is 4. The zero-order chi connectivity index (χ0) is 13.1. The Kier molecular flexibility index (Phi) is 3.49. The molecule has 0 spiro atoms. The highest BCUT2D eigenvalue weighted by molar-refractivity contribution is 5.48. The molecule has 7 nitrogen and oxygen atoms in total. The van der Waals surface area contributed by atoms with Gasteiger partial charge in [-0.05, 0) is 29.0 Å². The van der Waals surface area contributed by atoms with Crippen LogP contribution in [0.1, 0.15) is 17.4 Å². The minimum Gasteiger partial charge on any atom is -0.398 e. The van der Waals surface area contributed by atoms with E-state index in [4.69, 9.17) is 11.6 Å². The van der Waals surface area contributed by atoms with E-state index in [-0.39, 0.29) is 11.9 Å². The Labute approximate surface area is 103 Å². The van der Waals surface area contributed by atoms with Crippen LogP contribution in [0.2, 0.25) is 0 Å². The molecule has 1 aromatic carbocycles. The maximum atomic E-state index is 13.2. The number of aryl methyl sites for hydroxylation is 1. The highest BCUT2D eigenvalue weighted by Crippen LogP contribution is 2.23. The molecule has 1 aromatic heterocycles. The van der Waals surface area contributed by atoms with E-state index in [0.29, 0.717) is 23.5 Å². The van der Waals surface area contributed by atoms with E-state index in [1.165, 1.54) is 23.0 Å². The van der Waals surface area contributed by atoms with E-state index in [1.54, 1.807) is 7.05 Å². The topological polar surface area (TPSA) is 108 Å². The van der Waals surface area contributed by atoms with Gasteiger partial charge in [0, 0.05) is 12.1 Å². The monoisotopic (exact) mass is 251 g/mol. The molecule has 0 aliphatic heterocycles. The number of hydrogen-bond donors (Lipinski definition) is 3. The largest absolute Gasteiger partial charge is 0.398 e. The van der Waals surface area contributed by atoms with Gasteiger partial charge in [0.15, 0.2) is 5.82 Å². The lowest BCUT2D eigenvalue weighted by molar-refractivity contribution is 0.532. The number of nitrogens with zero attached hydrogens (tertiary/aromatic N) is 4. The summed E-state index contributed by atoms with van der Waals surface area (Å²) in [5, 5.41) is 11.6. The van der Waals surface area contributed by atoms with Gasteiger partial charge < -0.3 is 5.73 Å². The summed E-state index contributed by atoms with van der Waals surface area (Å²) in [6.07, 6.45) is 0.373. The molecular weight excluding hydrogens is 237 g/mol. The number of tetrazole rings is 1. The van der Waals surface area contributed by atoms with Gasteiger partial charge in [0.05, 0.1) is 13.1 Å². The summed E-state index contributed by atoms with van der Waals surface area (Å²) in [5.74, 6) is 5.60. The fourth-order valence-electron chi connectivity index (χ4n) is 1.69. The van der Waals surface area contributed by atoms with Crippen molar-refractivity contribution in [3.63, 3.8) is 0 Å². The number of halogens is 1. The molecule has 2 rings (SSSR count). The molecule has 0 saturated heterocycles. The number of nitrogens with one attached hydrogen (secondary N) is 1. The fraction of sp³-hybridized carbons (Fsp3) is 0.300. The van der Waals surface area contributed by atoms with Crippen molar-refractivity contribution in [2.45, 2.75) is 12.5 Å². The van der Waals surface area contributed by atoms with Crippen LogP contribution in [0.3, 0.4) is 0 Å². The van der Waals surface area contributed by atoms with Crippen LogP contribution in [-0.2, 0) is 13.5 Å². The lowest BCUT2D eigenvalue weighted by atomic mass is 10.0. The molecule has 8 heteroatoms. The number of nitrogens with two attached hydrogens (primary N) is 2. The number of nitrogen functional groups attached to an aromatic ring is 1. The zero-order valence-corrected chi connectivity index (χ0v) is 9.84. The lowest BCUT2D eigenvalue weighted by Crippen LogP contribution is -2.30. The Bertz CT molecular complexity index is 539. The average Bonchev–Trinajstić information content (AvgIpc) is 2.75. The first-order valence-electron chi connectivity index (χ1n) is 5.34. The molecule has 1 heterocycles. The van der Waals surface area contributed by atoms with Gasteiger partial charge in [-0.3, -0.25) is 11.3 Å². The van der Waals surface area contributed by atoms with E-state index in [9.17, 15) is 4.39 Å². The van der Waals surface area contributed by atoms with Crippen molar-refractivity contribution < 1.29 is 4.39 Å². The van der Waals surface area contributed by atoms with Gasteiger partial charge in [0.1, 0.15) is 5.82 Å². The quantitative estimate of drug-likeness (QED) is 0.390. The molecule has 0 saturated carbocycles. The van der Waals surface area contributed by atoms with Gasteiger partial charge in [-0.2, -0.15) is 4.80 Å². The number of hydrogen-bond acceptors (Lipinski definition) is 6. The Morgan fingerprint density at radius 1 is 1.50 bits per heavy atom. The second-order valence-corrected chi connectivity index (χ2v) is 3.89. The summed E-state index contributed by atoms with van der Waals surface area (Å²) in [6.45, 7) is 0. The molecule has 2 aromatic rings. The molecule has 0 aliphatic carbocycles. The highest BCUT2D eigenvalue weighted by Gasteiger charge is 2.17. The van der Waals surface area contributed by atoms with Crippen molar-refractivity contribution in [1.29, 1.82) is 0 Å². The van der Waals surface area contributed by atoms with Gasteiger partial charge in [-0.1, -0.05) is 0 Å². The predicted molar refractivity (Wildman–Crippen MR) is 63.4 cm³/mol. The van der Waals surface area contributed by atoms with E-state index in [2.05, 4.69) is 20.8 Å². The van der Waals surface area contributed by atoms with Crippen LogP contribution in [-0.4, -0.2) is 20.2 Å². The predicted octanol–water partition coefficient (Wildman–Crippen LogP) is -0.321. The summed E-state index contributed by atoms with van der Waals surface area (Å²) in [7, 11) is 1.66. The first kappa shape index (κ1) is 12.4. The molecule has 0 radical (unpaired) electrons. The second-order valence-electron chi connectivity index (χ2n) is 3.89. The van der Waals surface area contributed by atoms with Crippen LogP contribution in [0.4, 0.5) is 10.1 Å². The molecule has 18 heavy (non-hydrogen) atoms. The molecule has 96 valence electrons. The number of anilines is 1. The Hall–Kier alpha value is -2.06. The summed E-state index contributed by atoms with van der Waals surface area (Å²) in [5.41, 5.74) is 9.42. The van der Waals surface area contributed by atoms with Crippen molar-refractivity contribution in [2.75, 3.05) is 5.73 Å². The molecule has 0 bridgehead atoms. The SMILES string of the molecule is Cn1nnc(CC(NN)c2cc(F)ccc2N)n1. The third kappa shape index (κ3) is 2.60. The van der Waals surface area contributed by atoms with Crippen molar-refractivity contribution >= 4 is 5.69 Å². The van der Waals surface area contributed by atoms with Crippen LogP contribution >= 0.6 is 0 Å². The molecule has 1 unspecified atom stereocenters. The van der Waals surface area contributed by atoms with E-state index in [0.717, 1.165) is 0 Å². The number of benzene rings is 1. The third-order valence-corrected chi connectivity index (χ3v) is 2.56. The maximum Gasteiger partial charge on any atom is 0.176 e. The minimum absolute atomic E-state index is 0.369. The Morgan fingerprint density at radius 2 is 2.28 bits per heavy atom. The Morgan fingerprint density at radius 3 is 2.89 bits per heavy atom. The summed E-state index contributed by atoms with van der Waals surface area (Å²) >= 11 is 0. The van der Waals surface area contributed by atoms with Crippen molar-refractivity contribution in [3.05, 3.63) is 35.4 Å². The van der Waals surface area contributed by atoms with Crippen LogP contribution in [0.25, 0.3) is 0 Å². The fourth-order valence-corrected chi connectivity index (χ4v) is 1.69. The van der Waals surface area contributed by atoms with Crippen LogP contribution < -0.4 is 17.0 Å². The van der Waals surface area contributed by atoms with Crippen molar-refractivity contribution in [2.24, 2.45) is 12.9 Å². The molecule has 1 atom stereocenters. The number of hydrazine groups is 1. The van der Waals surface area contributed by atoms with E-state index >= 15 is 0 Å². The summed E-state index contributed by atoms with van der Waals surface area (Å²) in [4.78, 5) is 1.35. The summed E-state index contributed by atoms with van der Waals surface area (Å²) < 4.78 is 13.2. The van der Waals surface area contributed by atoms with Crippen LogP contribution in [0.5, 0.6) is 0 Å². The third-order valence-electron chi connectivity index (χ3n) is 2.56. The van der Waals surface area contributed by atoms with Crippen LogP contribution in [0, 0.1) is 5.82 Å².